The quantitative estimate of drug-likeness (QED) is 0.346. The highest BCUT2D eigenvalue weighted by Crippen LogP contribution is 2.42. The van der Waals surface area contributed by atoms with E-state index in [0.29, 0.717) is 20.8 Å². The Morgan fingerprint density at radius 2 is 1.75 bits per heavy atom. The number of aromatic hydroxyl groups is 1. The van der Waals surface area contributed by atoms with E-state index < -0.39 is 22.1 Å². The molecule has 0 bridgehead atoms. The highest BCUT2D eigenvalue weighted by Gasteiger charge is 2.31. The van der Waals surface area contributed by atoms with Crippen LogP contribution in [0.2, 0.25) is 0 Å². The van der Waals surface area contributed by atoms with Gasteiger partial charge in [0.25, 0.3) is 10.0 Å². The Bertz CT molecular complexity index is 1360. The summed E-state index contributed by atoms with van der Waals surface area (Å²) >= 11 is 1.02. The molecule has 8 nitrogen and oxygen atoms in total. The zero-order chi connectivity index (χ0) is 22.9. The second-order valence-electron chi connectivity index (χ2n) is 6.32. The van der Waals surface area contributed by atoms with E-state index in [2.05, 4.69) is 24.6 Å². The molecule has 0 aliphatic rings. The molecule has 1 aromatic heterocycles. The van der Waals surface area contributed by atoms with Gasteiger partial charge in [0, 0.05) is 10.8 Å². The lowest BCUT2D eigenvalue weighted by Gasteiger charge is -2.15. The average Bonchev–Trinajstić information content (AvgIpc) is 3.24. The van der Waals surface area contributed by atoms with E-state index in [4.69, 9.17) is 0 Å². The van der Waals surface area contributed by atoms with Gasteiger partial charge in [-0.2, -0.15) is 0 Å². The van der Waals surface area contributed by atoms with Crippen molar-refractivity contribution in [1.82, 2.24) is 15.2 Å². The van der Waals surface area contributed by atoms with Crippen molar-refractivity contribution in [3.63, 3.8) is 0 Å². The number of hydrogen-bond acceptors (Lipinski definition) is 7. The molecule has 3 N–H and O–H groups in total. The number of aromatic amines is 1. The fourth-order valence-corrected chi connectivity index (χ4v) is 4.72. The Labute approximate surface area is 183 Å². The molecule has 0 spiro atoms. The zero-order valence-corrected chi connectivity index (χ0v) is 17.4. The number of hydrogen-bond donors (Lipinski definition) is 3. The number of rotatable bonds is 6. The lowest BCUT2D eigenvalue weighted by molar-refractivity contribution is -0.274. The summed E-state index contributed by atoms with van der Waals surface area (Å²) < 4.78 is 69.0. The zero-order valence-electron chi connectivity index (χ0n) is 15.8. The molecule has 0 amide bonds. The molecule has 1 heterocycles. The Morgan fingerprint density at radius 3 is 2.38 bits per heavy atom. The highest BCUT2D eigenvalue weighted by atomic mass is 32.2. The molecule has 0 saturated heterocycles. The van der Waals surface area contributed by atoms with E-state index in [9.17, 15) is 26.7 Å². The number of aromatic nitrogens is 3. The molecule has 0 aliphatic carbocycles. The van der Waals surface area contributed by atoms with E-state index in [1.54, 1.807) is 24.3 Å². The first kappa shape index (κ1) is 21.8. The molecular weight excluding hydrogens is 469 g/mol. The minimum atomic E-state index is -4.89. The molecule has 4 aromatic rings. The largest absolute Gasteiger partial charge is 0.573 e. The van der Waals surface area contributed by atoms with Crippen LogP contribution in [0.15, 0.2) is 75.9 Å². The van der Waals surface area contributed by atoms with Gasteiger partial charge in [-0.3, -0.25) is 9.82 Å². The number of alkyl halides is 3. The minimum absolute atomic E-state index is 0.0769. The van der Waals surface area contributed by atoms with Crippen molar-refractivity contribution in [1.29, 1.82) is 0 Å². The smallest absolute Gasteiger partial charge is 0.506 e. The lowest BCUT2D eigenvalue weighted by Crippen LogP contribution is -2.17. The van der Waals surface area contributed by atoms with Crippen LogP contribution in [0.4, 0.5) is 18.9 Å². The third-order valence-corrected chi connectivity index (χ3v) is 6.48. The number of nitrogens with one attached hydrogen (secondary N) is 2. The van der Waals surface area contributed by atoms with Crippen molar-refractivity contribution in [2.45, 2.75) is 21.3 Å². The second-order valence-corrected chi connectivity index (χ2v) is 9.02. The average molecular weight is 482 g/mol. The van der Waals surface area contributed by atoms with Crippen molar-refractivity contribution in [3.05, 3.63) is 60.9 Å². The SMILES string of the molecule is O=S(=O)(Nc1cc(Sc2nc[nH]n2)c(O)c2ccccc12)c1ccc(OC(F)(F)F)cc1. The summed E-state index contributed by atoms with van der Waals surface area (Å²) in [6.45, 7) is 0. The monoisotopic (exact) mass is 482 g/mol. The van der Waals surface area contributed by atoms with E-state index >= 15 is 0 Å². The number of H-pyrrole nitrogens is 1. The number of sulfonamides is 1. The second kappa shape index (κ2) is 8.24. The van der Waals surface area contributed by atoms with Crippen LogP contribution >= 0.6 is 11.8 Å². The van der Waals surface area contributed by atoms with Crippen LogP contribution in [0, 0.1) is 0 Å². The molecule has 166 valence electrons. The van der Waals surface area contributed by atoms with E-state index in [1.807, 2.05) is 0 Å². The van der Waals surface area contributed by atoms with Gasteiger partial charge in [-0.05, 0) is 42.1 Å². The molecule has 32 heavy (non-hydrogen) atoms. The summed E-state index contributed by atoms with van der Waals surface area (Å²) in [5.74, 6) is -0.622. The fourth-order valence-electron chi connectivity index (χ4n) is 2.87. The molecule has 0 fully saturated rings. The van der Waals surface area contributed by atoms with Gasteiger partial charge in [0.15, 0.2) is 0 Å². The van der Waals surface area contributed by atoms with Crippen LogP contribution in [0.1, 0.15) is 0 Å². The third kappa shape index (κ3) is 4.73. The number of fused-ring (bicyclic) bond motifs is 1. The van der Waals surface area contributed by atoms with Crippen LogP contribution in [-0.2, 0) is 10.0 Å². The standard InChI is InChI=1S/C19H13F3N4O4S2/c20-19(21,22)30-11-5-7-12(8-6-11)32(28,29)26-15-9-16(31-18-23-10-24-25-18)17(27)14-4-2-1-3-13(14)15/h1-10,26-27H,(H,23,24,25). The molecule has 0 saturated carbocycles. The summed E-state index contributed by atoms with van der Waals surface area (Å²) in [6.07, 6.45) is -3.53. The molecule has 13 heteroatoms. The van der Waals surface area contributed by atoms with Gasteiger partial charge in [-0.15, -0.1) is 18.3 Å². The molecule has 0 atom stereocenters. The molecule has 0 unspecified atom stereocenters. The maximum Gasteiger partial charge on any atom is 0.573 e. The van der Waals surface area contributed by atoms with Gasteiger partial charge in [-0.25, -0.2) is 13.4 Å². The lowest BCUT2D eigenvalue weighted by atomic mass is 10.1. The van der Waals surface area contributed by atoms with Gasteiger partial charge in [-0.1, -0.05) is 24.3 Å². The van der Waals surface area contributed by atoms with Gasteiger partial charge in [0.1, 0.15) is 17.8 Å². The Morgan fingerprint density at radius 1 is 1.06 bits per heavy atom. The van der Waals surface area contributed by atoms with E-state index in [0.717, 1.165) is 36.0 Å². The first-order chi connectivity index (χ1) is 15.1. The maximum atomic E-state index is 12.9. The highest BCUT2D eigenvalue weighted by molar-refractivity contribution is 7.99. The summed E-state index contributed by atoms with van der Waals surface area (Å²) in [6, 6.07) is 11.8. The Hall–Kier alpha value is -3.45. The molecule has 0 aliphatic heterocycles. The van der Waals surface area contributed by atoms with Gasteiger partial charge in [0.05, 0.1) is 15.5 Å². The molecule has 3 aromatic carbocycles. The predicted octanol–water partition coefficient (Wildman–Crippen LogP) is 4.51. The minimum Gasteiger partial charge on any atom is -0.506 e. The number of benzene rings is 3. The summed E-state index contributed by atoms with van der Waals surface area (Å²) in [5, 5.41) is 18.2. The van der Waals surface area contributed by atoms with Gasteiger partial charge >= 0.3 is 6.36 Å². The van der Waals surface area contributed by atoms with Crippen molar-refractivity contribution in [2.75, 3.05) is 4.72 Å². The van der Waals surface area contributed by atoms with Crippen LogP contribution < -0.4 is 9.46 Å². The van der Waals surface area contributed by atoms with Gasteiger partial charge < -0.3 is 9.84 Å². The molecular formula is C19H13F3N4O4S2. The van der Waals surface area contributed by atoms with Crippen LogP contribution in [0.25, 0.3) is 10.8 Å². The number of nitrogens with zero attached hydrogens (tertiary/aromatic N) is 2. The van der Waals surface area contributed by atoms with E-state index in [-0.39, 0.29) is 16.3 Å². The number of phenolic OH excluding ortho intramolecular Hbond substituents is 1. The summed E-state index contributed by atoms with van der Waals surface area (Å²) in [5.41, 5.74) is 0.159. The van der Waals surface area contributed by atoms with Crippen LogP contribution in [0.5, 0.6) is 11.5 Å². The van der Waals surface area contributed by atoms with Crippen molar-refractivity contribution in [3.8, 4) is 11.5 Å². The molecule has 4 rings (SSSR count). The van der Waals surface area contributed by atoms with Crippen molar-refractivity contribution in [2.24, 2.45) is 0 Å². The topological polar surface area (TPSA) is 117 Å². The first-order valence-corrected chi connectivity index (χ1v) is 11.1. The fraction of sp³-hybridized carbons (Fsp3) is 0.0526. The molecule has 0 radical (unpaired) electrons. The van der Waals surface area contributed by atoms with Gasteiger partial charge in [0.2, 0.25) is 5.16 Å². The Kier molecular flexibility index (Phi) is 5.60. The Balaban J connectivity index is 1.70. The van der Waals surface area contributed by atoms with Crippen molar-refractivity contribution >= 4 is 38.2 Å². The maximum absolute atomic E-state index is 12.9. The third-order valence-electron chi connectivity index (χ3n) is 4.19. The summed E-state index contributed by atoms with van der Waals surface area (Å²) in [4.78, 5) is 4.00. The number of anilines is 1. The normalized spacial score (nSPS) is 12.1. The summed E-state index contributed by atoms with van der Waals surface area (Å²) in [7, 11) is -4.17. The van der Waals surface area contributed by atoms with Crippen LogP contribution in [-0.4, -0.2) is 35.1 Å². The number of phenols is 1. The first-order valence-electron chi connectivity index (χ1n) is 8.79. The predicted molar refractivity (Wildman–Crippen MR) is 110 cm³/mol. The van der Waals surface area contributed by atoms with Crippen LogP contribution in [0.3, 0.4) is 0 Å². The number of halogens is 3. The van der Waals surface area contributed by atoms with Crippen molar-refractivity contribution < 1.29 is 31.4 Å². The van der Waals surface area contributed by atoms with E-state index in [1.165, 1.54) is 12.4 Å². The number of ether oxygens (including phenoxy) is 1.